The maximum absolute atomic E-state index is 6.77. The Morgan fingerprint density at radius 3 is 1.61 bits per heavy atom. The first kappa shape index (κ1) is 29.8. The van der Waals surface area contributed by atoms with Gasteiger partial charge in [0, 0.05) is 36.5 Å². The van der Waals surface area contributed by atoms with E-state index in [2.05, 4.69) is 182 Å². The SMILES string of the molecule is c1ccc(-c2ccc(-c3c4ccccc4c(-c4c5sc6ccc7ccccc7c6c5cc5oc6ccccc6c45)c4ccccc34)c3ccccc23)cc1. The third kappa shape index (κ3) is 4.14. The van der Waals surface area contributed by atoms with Gasteiger partial charge < -0.3 is 4.42 Å². The predicted molar refractivity (Wildman–Crippen MR) is 233 cm³/mol. The summed E-state index contributed by atoms with van der Waals surface area (Å²) in [7, 11) is 0. The van der Waals surface area contributed by atoms with Crippen molar-refractivity contribution in [3.8, 4) is 33.4 Å². The van der Waals surface area contributed by atoms with Crippen molar-refractivity contribution in [2.24, 2.45) is 0 Å². The fraction of sp³-hybridized carbons (Fsp3) is 0. The summed E-state index contributed by atoms with van der Waals surface area (Å²) >= 11 is 1.90. The molecule has 1 nitrogen and oxygen atoms in total. The third-order valence-corrected chi connectivity index (χ3v) is 12.6. The number of hydrogen-bond donors (Lipinski definition) is 0. The minimum absolute atomic E-state index is 0.913. The molecule has 2 heteroatoms. The summed E-state index contributed by atoms with van der Waals surface area (Å²) in [6, 6.07) is 66.5. The summed E-state index contributed by atoms with van der Waals surface area (Å²) in [6.45, 7) is 0. The molecule has 0 unspecified atom stereocenters. The Kier molecular flexibility index (Phi) is 6.28. The maximum Gasteiger partial charge on any atom is 0.136 e. The Balaban J connectivity index is 1.27. The van der Waals surface area contributed by atoms with Gasteiger partial charge in [0.1, 0.15) is 11.2 Å². The van der Waals surface area contributed by atoms with Crippen LogP contribution in [0.1, 0.15) is 0 Å². The highest BCUT2D eigenvalue weighted by molar-refractivity contribution is 7.26. The van der Waals surface area contributed by atoms with Crippen molar-refractivity contribution in [2.45, 2.75) is 0 Å². The Morgan fingerprint density at radius 2 is 0.889 bits per heavy atom. The van der Waals surface area contributed by atoms with E-state index < -0.39 is 0 Å². The number of para-hydroxylation sites is 1. The lowest BCUT2D eigenvalue weighted by atomic mass is 9.83. The molecule has 0 aliphatic carbocycles. The summed E-state index contributed by atoms with van der Waals surface area (Å²) in [5.41, 5.74) is 9.33. The molecule has 12 aromatic rings. The highest BCUT2D eigenvalue weighted by atomic mass is 32.1. The first-order valence-corrected chi connectivity index (χ1v) is 19.3. The van der Waals surface area contributed by atoms with Crippen molar-refractivity contribution in [1.29, 1.82) is 0 Å². The standard InChI is InChI=1S/C52H30OS/c1-2-14-31(15-3-1)33-27-28-41(36-19-7-6-18-35(33)36)47-37-20-8-10-22-39(37)49(40-23-11-9-21-38(40)47)51-50-42-24-12-13-25-44(42)53-45(50)30-43-48-34-17-5-4-16-32(34)26-29-46(48)54-52(43)51/h1-30H. The van der Waals surface area contributed by atoms with Gasteiger partial charge in [0.25, 0.3) is 0 Å². The molecule has 54 heavy (non-hydrogen) atoms. The van der Waals surface area contributed by atoms with E-state index in [4.69, 9.17) is 4.42 Å². The monoisotopic (exact) mass is 702 g/mol. The average molecular weight is 703 g/mol. The molecule has 0 atom stereocenters. The molecule has 0 bridgehead atoms. The van der Waals surface area contributed by atoms with Crippen LogP contribution in [0.2, 0.25) is 0 Å². The zero-order chi connectivity index (χ0) is 35.3. The topological polar surface area (TPSA) is 13.1 Å². The normalized spacial score (nSPS) is 12.1. The van der Waals surface area contributed by atoms with E-state index in [9.17, 15) is 0 Å². The fourth-order valence-corrected chi connectivity index (χ4v) is 10.5. The smallest absolute Gasteiger partial charge is 0.136 e. The molecule has 10 aromatic carbocycles. The van der Waals surface area contributed by atoms with Crippen LogP contribution in [0.25, 0.3) is 119 Å². The van der Waals surface area contributed by atoms with Gasteiger partial charge in [-0.2, -0.15) is 0 Å². The zero-order valence-corrected chi connectivity index (χ0v) is 30.0. The Morgan fingerprint density at radius 1 is 0.333 bits per heavy atom. The third-order valence-electron chi connectivity index (χ3n) is 11.5. The van der Waals surface area contributed by atoms with E-state index >= 15 is 0 Å². The van der Waals surface area contributed by atoms with Gasteiger partial charge in [-0.15, -0.1) is 11.3 Å². The van der Waals surface area contributed by atoms with Crippen molar-refractivity contribution in [3.05, 3.63) is 182 Å². The summed E-state index contributed by atoms with van der Waals surface area (Å²) in [5.74, 6) is 0. The second kappa shape index (κ2) is 11.4. The van der Waals surface area contributed by atoms with Gasteiger partial charge in [0.15, 0.2) is 0 Å². The van der Waals surface area contributed by atoms with Crippen molar-refractivity contribution in [2.75, 3.05) is 0 Å². The van der Waals surface area contributed by atoms with Crippen molar-refractivity contribution < 1.29 is 4.42 Å². The molecule has 0 spiro atoms. The zero-order valence-electron chi connectivity index (χ0n) is 29.1. The number of thiophene rings is 1. The van der Waals surface area contributed by atoms with Crippen LogP contribution >= 0.6 is 11.3 Å². The van der Waals surface area contributed by atoms with E-state index in [1.165, 1.54) is 102 Å². The van der Waals surface area contributed by atoms with E-state index in [-0.39, 0.29) is 0 Å². The summed E-state index contributed by atoms with van der Waals surface area (Å²) in [5, 5.41) is 14.9. The first-order valence-electron chi connectivity index (χ1n) is 18.5. The highest BCUT2D eigenvalue weighted by Gasteiger charge is 2.25. The van der Waals surface area contributed by atoms with Crippen LogP contribution in [0, 0.1) is 0 Å². The molecule has 0 amide bonds. The van der Waals surface area contributed by atoms with Crippen LogP contribution in [0.5, 0.6) is 0 Å². The molecule has 0 N–H and O–H groups in total. The largest absolute Gasteiger partial charge is 0.456 e. The van der Waals surface area contributed by atoms with Crippen LogP contribution in [0.3, 0.4) is 0 Å². The van der Waals surface area contributed by atoms with Gasteiger partial charge in [-0.05, 0) is 89.1 Å². The van der Waals surface area contributed by atoms with E-state index in [0.29, 0.717) is 0 Å². The van der Waals surface area contributed by atoms with Crippen molar-refractivity contribution in [1.82, 2.24) is 0 Å². The summed E-state index contributed by atoms with van der Waals surface area (Å²) < 4.78 is 9.35. The number of hydrogen-bond acceptors (Lipinski definition) is 2. The van der Waals surface area contributed by atoms with Gasteiger partial charge in [-0.25, -0.2) is 0 Å². The molecule has 0 saturated carbocycles. The van der Waals surface area contributed by atoms with E-state index in [1.807, 2.05) is 11.3 Å². The molecule has 250 valence electrons. The number of benzene rings is 10. The van der Waals surface area contributed by atoms with Crippen molar-refractivity contribution in [3.63, 3.8) is 0 Å². The van der Waals surface area contributed by atoms with Crippen LogP contribution in [0.15, 0.2) is 186 Å². The number of rotatable bonds is 3. The lowest BCUT2D eigenvalue weighted by Gasteiger charge is -2.20. The van der Waals surface area contributed by atoms with Gasteiger partial charge in [0.2, 0.25) is 0 Å². The lowest BCUT2D eigenvalue weighted by Crippen LogP contribution is -1.93. The van der Waals surface area contributed by atoms with Gasteiger partial charge in [-0.3, -0.25) is 0 Å². The van der Waals surface area contributed by atoms with E-state index in [1.54, 1.807) is 0 Å². The fourth-order valence-electron chi connectivity index (χ4n) is 9.20. The molecule has 0 aliphatic heterocycles. The quantitative estimate of drug-likeness (QED) is 0.167. The molecule has 2 heterocycles. The van der Waals surface area contributed by atoms with Crippen LogP contribution < -0.4 is 0 Å². The van der Waals surface area contributed by atoms with Crippen molar-refractivity contribution >= 4 is 96.5 Å². The molecular weight excluding hydrogens is 673 g/mol. The highest BCUT2D eigenvalue weighted by Crippen LogP contribution is 2.53. The second-order valence-electron chi connectivity index (χ2n) is 14.3. The first-order chi connectivity index (χ1) is 26.8. The van der Waals surface area contributed by atoms with Crippen LogP contribution in [-0.2, 0) is 0 Å². The lowest BCUT2D eigenvalue weighted by molar-refractivity contribution is 0.669. The maximum atomic E-state index is 6.77. The molecule has 12 rings (SSSR count). The number of furan rings is 1. The molecule has 0 fully saturated rings. The minimum atomic E-state index is 0.913. The molecule has 0 aliphatic rings. The molecule has 0 saturated heterocycles. The van der Waals surface area contributed by atoms with Gasteiger partial charge >= 0.3 is 0 Å². The Hall–Kier alpha value is -6.74. The second-order valence-corrected chi connectivity index (χ2v) is 15.3. The molecule has 0 radical (unpaired) electrons. The molecule has 2 aromatic heterocycles. The summed E-state index contributed by atoms with van der Waals surface area (Å²) in [6.07, 6.45) is 0. The molecular formula is C52H30OS. The van der Waals surface area contributed by atoms with Gasteiger partial charge in [-0.1, -0.05) is 164 Å². The average Bonchev–Trinajstić information content (AvgIpc) is 3.80. The number of fused-ring (bicyclic) bond motifs is 11. The van der Waals surface area contributed by atoms with E-state index in [0.717, 1.165) is 16.6 Å². The minimum Gasteiger partial charge on any atom is -0.456 e. The Labute approximate surface area is 314 Å². The van der Waals surface area contributed by atoms with Crippen LogP contribution in [0.4, 0.5) is 0 Å². The van der Waals surface area contributed by atoms with Gasteiger partial charge in [0.05, 0.1) is 0 Å². The Bertz CT molecular complexity index is 3440. The van der Waals surface area contributed by atoms with Crippen LogP contribution in [-0.4, -0.2) is 0 Å². The summed E-state index contributed by atoms with van der Waals surface area (Å²) in [4.78, 5) is 0. The predicted octanol–water partition coefficient (Wildman–Crippen LogP) is 15.6.